The first-order chi connectivity index (χ1) is 13.7. The Morgan fingerprint density at radius 2 is 1.52 bits per heavy atom. The van der Waals surface area contributed by atoms with Crippen LogP contribution in [0.3, 0.4) is 0 Å². The molecule has 0 radical (unpaired) electrons. The highest BCUT2D eigenvalue weighted by atomic mass is 16.3. The quantitative estimate of drug-likeness (QED) is 0.553. The molecule has 2 N–H and O–H groups in total. The number of aliphatic hydroxyl groups excluding tert-OH is 2. The molecule has 0 saturated heterocycles. The van der Waals surface area contributed by atoms with E-state index >= 15 is 0 Å². The van der Waals surface area contributed by atoms with Crippen LogP contribution in [0.25, 0.3) is 0 Å². The van der Waals surface area contributed by atoms with E-state index in [4.69, 9.17) is 0 Å². The molecule has 0 spiro atoms. The van der Waals surface area contributed by atoms with Gasteiger partial charge in [0.2, 0.25) is 0 Å². The van der Waals surface area contributed by atoms with Gasteiger partial charge in [-0.15, -0.1) is 0 Å². The van der Waals surface area contributed by atoms with Crippen molar-refractivity contribution >= 4 is 0 Å². The predicted octanol–water partition coefficient (Wildman–Crippen LogP) is 6.44. The average Bonchev–Trinajstić information content (AvgIpc) is 3.00. The highest BCUT2D eigenvalue weighted by Gasteiger charge is 2.62. The van der Waals surface area contributed by atoms with Gasteiger partial charge in [-0.1, -0.05) is 53.9 Å². The molecule has 0 aromatic carbocycles. The van der Waals surface area contributed by atoms with Gasteiger partial charge in [0.25, 0.3) is 0 Å². The highest BCUT2D eigenvalue weighted by Crippen LogP contribution is 2.68. The maximum absolute atomic E-state index is 11.4. The minimum Gasteiger partial charge on any atom is -0.393 e. The Hall–Kier alpha value is -0.0800. The fraction of sp³-hybridized carbons (Fsp3) is 1.00. The van der Waals surface area contributed by atoms with Gasteiger partial charge >= 0.3 is 0 Å². The Morgan fingerprint density at radius 3 is 2.24 bits per heavy atom. The highest BCUT2D eigenvalue weighted by molar-refractivity contribution is 5.11. The van der Waals surface area contributed by atoms with E-state index in [1.165, 1.54) is 51.4 Å². The van der Waals surface area contributed by atoms with E-state index in [1.54, 1.807) is 0 Å². The minimum absolute atomic E-state index is 0.131. The predicted molar refractivity (Wildman–Crippen MR) is 120 cm³/mol. The van der Waals surface area contributed by atoms with E-state index < -0.39 is 0 Å². The number of fused-ring (bicyclic) bond motifs is 5. The van der Waals surface area contributed by atoms with Crippen LogP contribution in [0.5, 0.6) is 0 Å². The second-order valence-electron chi connectivity index (χ2n) is 12.8. The van der Waals surface area contributed by atoms with Crippen molar-refractivity contribution in [3.05, 3.63) is 0 Å². The summed E-state index contributed by atoms with van der Waals surface area (Å²) >= 11 is 0. The van der Waals surface area contributed by atoms with Gasteiger partial charge in [-0.05, 0) is 104 Å². The first kappa shape index (κ1) is 22.1. The molecule has 168 valence electrons. The van der Waals surface area contributed by atoms with Crippen LogP contribution in [-0.2, 0) is 0 Å². The monoisotopic (exact) mass is 404 g/mol. The topological polar surface area (TPSA) is 40.5 Å². The summed E-state index contributed by atoms with van der Waals surface area (Å²) in [6, 6.07) is 0. The van der Waals surface area contributed by atoms with Gasteiger partial charge in [0.05, 0.1) is 12.2 Å². The van der Waals surface area contributed by atoms with Crippen LogP contribution < -0.4 is 0 Å². The van der Waals surface area contributed by atoms with Crippen molar-refractivity contribution in [2.45, 2.75) is 117 Å². The fourth-order valence-corrected chi connectivity index (χ4v) is 9.22. The first-order valence-electron chi connectivity index (χ1n) is 13.0. The van der Waals surface area contributed by atoms with Crippen LogP contribution in [0.4, 0.5) is 0 Å². The third-order valence-electron chi connectivity index (χ3n) is 10.9. The molecule has 4 rings (SSSR count). The second-order valence-corrected chi connectivity index (χ2v) is 12.8. The van der Waals surface area contributed by atoms with E-state index in [9.17, 15) is 10.2 Å². The Kier molecular flexibility index (Phi) is 6.19. The third kappa shape index (κ3) is 3.73. The molecule has 4 aliphatic rings. The van der Waals surface area contributed by atoms with E-state index in [0.29, 0.717) is 28.6 Å². The second kappa shape index (κ2) is 8.12. The van der Waals surface area contributed by atoms with Crippen LogP contribution in [0, 0.1) is 52.3 Å². The molecule has 29 heavy (non-hydrogen) atoms. The summed E-state index contributed by atoms with van der Waals surface area (Å²) in [5.41, 5.74) is 0.794. The molecular formula is C27H48O2. The van der Waals surface area contributed by atoms with Crippen LogP contribution in [-0.4, -0.2) is 22.4 Å². The smallest absolute Gasteiger partial charge is 0.0577 e. The Morgan fingerprint density at radius 1 is 0.828 bits per heavy atom. The normalized spacial score (nSPS) is 50.7. The zero-order valence-electron chi connectivity index (χ0n) is 19.9. The number of aliphatic hydroxyl groups is 2. The number of hydrogen-bond donors (Lipinski definition) is 2. The molecule has 0 aromatic rings. The molecular weight excluding hydrogens is 356 g/mol. The van der Waals surface area contributed by atoms with Crippen molar-refractivity contribution in [2.24, 2.45) is 52.3 Å². The lowest BCUT2D eigenvalue weighted by Gasteiger charge is -2.62. The number of rotatable bonds is 5. The number of hydrogen-bond acceptors (Lipinski definition) is 2. The molecule has 0 aromatic heterocycles. The minimum atomic E-state index is -0.136. The SMILES string of the molecule is CC(C)CCCC(C)C1CCC2C3C(O)CC4C[C@H](O)CCC4(C)C3CCC12C. The van der Waals surface area contributed by atoms with Crippen molar-refractivity contribution in [3.63, 3.8) is 0 Å². The maximum Gasteiger partial charge on any atom is 0.0577 e. The molecule has 2 nitrogen and oxygen atoms in total. The lowest BCUT2D eigenvalue weighted by atomic mass is 9.43. The molecule has 10 atom stereocenters. The van der Waals surface area contributed by atoms with E-state index in [0.717, 1.165) is 42.9 Å². The molecule has 0 heterocycles. The zero-order chi connectivity index (χ0) is 21.0. The van der Waals surface area contributed by atoms with E-state index in [1.807, 2.05) is 0 Å². The molecule has 4 aliphatic carbocycles. The van der Waals surface area contributed by atoms with Crippen LogP contribution in [0.2, 0.25) is 0 Å². The largest absolute Gasteiger partial charge is 0.393 e. The standard InChI is InChI=1S/C27H48O2/c1-17(2)7-6-8-18(3)21-9-10-22-25-23(12-14-27(21,22)5)26(4)13-11-20(28)15-19(26)16-24(25)29/h17-25,28-29H,6-16H2,1-5H3/t18?,19?,20-,21?,22?,23?,24?,25?,26?,27?/m1/s1. The molecule has 4 fully saturated rings. The Bertz CT molecular complexity index is 573. The average molecular weight is 405 g/mol. The summed E-state index contributed by atoms with van der Waals surface area (Å²) in [5.74, 6) is 4.94. The molecule has 9 unspecified atom stereocenters. The van der Waals surface area contributed by atoms with E-state index in [-0.39, 0.29) is 12.2 Å². The molecule has 0 bridgehead atoms. The van der Waals surface area contributed by atoms with Gasteiger partial charge < -0.3 is 10.2 Å². The van der Waals surface area contributed by atoms with Gasteiger partial charge in [0, 0.05) is 0 Å². The Balaban J connectivity index is 1.50. The van der Waals surface area contributed by atoms with Gasteiger partial charge in [-0.2, -0.15) is 0 Å². The Labute approximate surface area is 180 Å². The van der Waals surface area contributed by atoms with Crippen molar-refractivity contribution in [1.82, 2.24) is 0 Å². The maximum atomic E-state index is 11.4. The zero-order valence-corrected chi connectivity index (χ0v) is 19.9. The molecule has 2 heteroatoms. The van der Waals surface area contributed by atoms with Crippen LogP contribution >= 0.6 is 0 Å². The van der Waals surface area contributed by atoms with Crippen molar-refractivity contribution in [3.8, 4) is 0 Å². The van der Waals surface area contributed by atoms with Gasteiger partial charge in [0.15, 0.2) is 0 Å². The van der Waals surface area contributed by atoms with Crippen LogP contribution in [0.15, 0.2) is 0 Å². The molecule has 0 amide bonds. The summed E-state index contributed by atoms with van der Waals surface area (Å²) in [5, 5.41) is 21.6. The van der Waals surface area contributed by atoms with E-state index in [2.05, 4.69) is 34.6 Å². The van der Waals surface area contributed by atoms with Crippen molar-refractivity contribution < 1.29 is 10.2 Å². The summed E-state index contributed by atoms with van der Waals surface area (Å²) < 4.78 is 0. The third-order valence-corrected chi connectivity index (χ3v) is 10.9. The summed E-state index contributed by atoms with van der Waals surface area (Å²) in [6.45, 7) is 12.4. The van der Waals surface area contributed by atoms with Crippen molar-refractivity contribution in [2.75, 3.05) is 0 Å². The lowest BCUT2D eigenvalue weighted by Crippen LogP contribution is -2.58. The van der Waals surface area contributed by atoms with Gasteiger partial charge in [-0.25, -0.2) is 0 Å². The van der Waals surface area contributed by atoms with Gasteiger partial charge in [0.1, 0.15) is 0 Å². The first-order valence-corrected chi connectivity index (χ1v) is 13.0. The summed E-state index contributed by atoms with van der Waals surface area (Å²) in [6.07, 6.45) is 13.3. The fourth-order valence-electron chi connectivity index (χ4n) is 9.22. The van der Waals surface area contributed by atoms with Crippen LogP contribution in [0.1, 0.15) is 105 Å². The summed E-state index contributed by atoms with van der Waals surface area (Å²) in [4.78, 5) is 0. The lowest BCUT2D eigenvalue weighted by molar-refractivity contribution is -0.174. The van der Waals surface area contributed by atoms with Gasteiger partial charge in [-0.3, -0.25) is 0 Å². The summed E-state index contributed by atoms with van der Waals surface area (Å²) in [7, 11) is 0. The van der Waals surface area contributed by atoms with Crippen molar-refractivity contribution in [1.29, 1.82) is 0 Å². The molecule has 0 aliphatic heterocycles. The molecule has 4 saturated carbocycles.